The Morgan fingerprint density at radius 1 is 0.574 bits per heavy atom. The number of nitrogens with two attached hydrogens (primary N) is 1. The quantitative estimate of drug-likeness (QED) is 0.0239. The number of carbonyl (C=O) groups is 3. The monoisotopic (exact) mass is 779 g/mol. The van der Waals surface area contributed by atoms with Gasteiger partial charge in [-0.25, -0.2) is 4.57 Å². The molecule has 0 amide bonds. The van der Waals surface area contributed by atoms with Crippen molar-refractivity contribution >= 4 is 25.7 Å². The predicted molar refractivity (Wildman–Crippen MR) is 217 cm³/mol. The molecule has 0 heterocycles. The van der Waals surface area contributed by atoms with Crippen molar-refractivity contribution in [2.75, 3.05) is 19.8 Å². The molecule has 0 aromatic rings. The van der Waals surface area contributed by atoms with Crippen molar-refractivity contribution in [2.45, 2.75) is 154 Å². The summed E-state index contributed by atoms with van der Waals surface area (Å²) in [6.07, 6.45) is 42.5. The number of phosphoric ester groups is 1. The van der Waals surface area contributed by atoms with Gasteiger partial charge in [-0.3, -0.25) is 23.4 Å². The van der Waals surface area contributed by atoms with Crippen molar-refractivity contribution in [1.29, 1.82) is 0 Å². The predicted octanol–water partition coefficient (Wildman–Crippen LogP) is 10.2. The molecule has 0 aromatic carbocycles. The first kappa shape index (κ1) is 50.9. The zero-order valence-corrected chi connectivity index (χ0v) is 33.9. The maximum absolute atomic E-state index is 12.6. The van der Waals surface area contributed by atoms with Gasteiger partial charge in [0.05, 0.1) is 13.2 Å². The maximum Gasteiger partial charge on any atom is 0.472 e. The molecule has 0 saturated carbocycles. The molecule has 0 aliphatic rings. The van der Waals surface area contributed by atoms with Crippen LogP contribution in [0.1, 0.15) is 142 Å². The number of aliphatic carboxylic acids is 1. The summed E-state index contributed by atoms with van der Waals surface area (Å²) in [6, 6.07) is -1.53. The van der Waals surface area contributed by atoms with Gasteiger partial charge in [0, 0.05) is 12.8 Å². The largest absolute Gasteiger partial charge is 0.480 e. The fourth-order valence-electron chi connectivity index (χ4n) is 4.86. The lowest BCUT2D eigenvalue weighted by Crippen LogP contribution is -2.34. The normalized spacial score (nSPS) is 14.6. The average Bonchev–Trinajstić information content (AvgIpc) is 3.14. The highest BCUT2D eigenvalue weighted by atomic mass is 31.2. The Balaban J connectivity index is 4.48. The Labute approximate surface area is 325 Å². The van der Waals surface area contributed by atoms with E-state index < -0.39 is 51.1 Å². The number of hydrogen-bond acceptors (Lipinski definition) is 9. The molecule has 0 aliphatic heterocycles. The minimum atomic E-state index is -4.73. The topological polar surface area (TPSA) is 172 Å². The van der Waals surface area contributed by atoms with Crippen LogP contribution in [-0.4, -0.2) is 59.9 Å². The Hall–Kier alpha value is -3.08. The van der Waals surface area contributed by atoms with Crippen LogP contribution in [0.15, 0.2) is 72.9 Å². The summed E-state index contributed by atoms with van der Waals surface area (Å²) >= 11 is 0. The van der Waals surface area contributed by atoms with Crippen LogP contribution in [-0.2, 0) is 37.5 Å². The molecule has 0 radical (unpaired) electrons. The first-order valence-electron chi connectivity index (χ1n) is 20.0. The van der Waals surface area contributed by atoms with Crippen LogP contribution >= 0.6 is 7.82 Å². The van der Waals surface area contributed by atoms with E-state index in [0.717, 1.165) is 103 Å². The third kappa shape index (κ3) is 35.9. The van der Waals surface area contributed by atoms with E-state index in [2.05, 4.69) is 91.3 Å². The summed E-state index contributed by atoms with van der Waals surface area (Å²) in [6.45, 7) is 2.52. The molecule has 0 bridgehead atoms. The standard InChI is InChI=1S/C42H70NO10P/c1-3-5-7-9-11-13-15-17-19-21-23-25-27-29-31-33-40(44)50-35-38(36-51-54(48,49)52-37-39(43)42(46)47)53-41(45)34-32-30-28-26-24-22-20-18-16-14-12-10-8-6-4-2/h5-8,11-14,17-20,38-39H,3-4,9-10,15-16,21-37,43H2,1-2H3,(H,46,47)(H,48,49)/b7-5+,8-6+,13-11+,14-12+,19-17+,20-18+/t38-,39+/m1/s1. The molecule has 0 spiro atoms. The van der Waals surface area contributed by atoms with Crippen LogP contribution in [0.2, 0.25) is 0 Å². The minimum Gasteiger partial charge on any atom is -0.480 e. The van der Waals surface area contributed by atoms with E-state index in [1.165, 1.54) is 0 Å². The number of ether oxygens (including phenoxy) is 2. The summed E-state index contributed by atoms with van der Waals surface area (Å²) < 4.78 is 32.6. The number of esters is 2. The van der Waals surface area contributed by atoms with Gasteiger partial charge < -0.3 is 25.2 Å². The van der Waals surface area contributed by atoms with Crippen molar-refractivity contribution in [1.82, 2.24) is 0 Å². The number of carboxylic acids is 1. The summed E-state index contributed by atoms with van der Waals surface area (Å²) in [7, 11) is -4.73. The van der Waals surface area contributed by atoms with E-state index in [1.54, 1.807) is 0 Å². The molecule has 0 aliphatic carbocycles. The lowest BCUT2D eigenvalue weighted by atomic mass is 10.1. The van der Waals surface area contributed by atoms with Crippen LogP contribution in [0.5, 0.6) is 0 Å². The summed E-state index contributed by atoms with van der Waals surface area (Å²) in [4.78, 5) is 45.8. The average molecular weight is 780 g/mol. The minimum absolute atomic E-state index is 0.134. The highest BCUT2D eigenvalue weighted by Gasteiger charge is 2.28. The van der Waals surface area contributed by atoms with Gasteiger partial charge in [0.15, 0.2) is 6.10 Å². The zero-order chi connectivity index (χ0) is 40.0. The summed E-state index contributed by atoms with van der Waals surface area (Å²) in [5.74, 6) is -2.43. The number of rotatable bonds is 36. The van der Waals surface area contributed by atoms with Gasteiger partial charge in [0.1, 0.15) is 12.6 Å². The maximum atomic E-state index is 12.6. The van der Waals surface area contributed by atoms with Gasteiger partial charge in [0.25, 0.3) is 0 Å². The van der Waals surface area contributed by atoms with Gasteiger partial charge in [-0.1, -0.05) is 125 Å². The SMILES string of the molecule is CC/C=C/C/C=C/C/C=C/CCCCCCCC(=O)OC[C@H](COP(=O)(O)OC[C@H](N)C(=O)O)OC(=O)CCCCCCC/C=C/C/C=C/C/C=C/CC. The molecule has 3 atom stereocenters. The molecule has 308 valence electrons. The van der Waals surface area contributed by atoms with Crippen LogP contribution in [0.25, 0.3) is 0 Å². The molecule has 1 unspecified atom stereocenters. The lowest BCUT2D eigenvalue weighted by molar-refractivity contribution is -0.161. The van der Waals surface area contributed by atoms with Crippen molar-refractivity contribution in [3.63, 3.8) is 0 Å². The van der Waals surface area contributed by atoms with E-state index in [4.69, 9.17) is 24.8 Å². The Kier molecular flexibility index (Phi) is 34.8. The number of unbranched alkanes of at least 4 members (excludes halogenated alkanes) is 10. The van der Waals surface area contributed by atoms with Gasteiger partial charge in [-0.2, -0.15) is 0 Å². The summed E-state index contributed by atoms with van der Waals surface area (Å²) in [5.41, 5.74) is 5.32. The van der Waals surface area contributed by atoms with Crippen molar-refractivity contribution in [3.05, 3.63) is 72.9 Å². The zero-order valence-electron chi connectivity index (χ0n) is 33.0. The van der Waals surface area contributed by atoms with Gasteiger partial charge in [0.2, 0.25) is 0 Å². The van der Waals surface area contributed by atoms with Crippen molar-refractivity contribution < 1.29 is 47.5 Å². The first-order chi connectivity index (χ1) is 26.1. The molecule has 12 heteroatoms. The highest BCUT2D eigenvalue weighted by Crippen LogP contribution is 2.43. The fraction of sp³-hybridized carbons (Fsp3) is 0.643. The van der Waals surface area contributed by atoms with E-state index in [9.17, 15) is 23.8 Å². The molecular weight excluding hydrogens is 709 g/mol. The molecule has 0 rings (SSSR count). The molecular formula is C42H70NO10P. The Morgan fingerprint density at radius 3 is 1.46 bits per heavy atom. The molecule has 4 N–H and O–H groups in total. The second-order valence-corrected chi connectivity index (χ2v) is 14.5. The van der Waals surface area contributed by atoms with Crippen LogP contribution in [0, 0.1) is 0 Å². The van der Waals surface area contributed by atoms with E-state index >= 15 is 0 Å². The van der Waals surface area contributed by atoms with E-state index in [-0.39, 0.29) is 19.4 Å². The van der Waals surface area contributed by atoms with Gasteiger partial charge in [-0.05, 0) is 77.0 Å². The molecule has 11 nitrogen and oxygen atoms in total. The third-order valence-electron chi connectivity index (χ3n) is 7.95. The number of allylic oxidation sites excluding steroid dienone is 12. The Bertz CT molecular complexity index is 1190. The highest BCUT2D eigenvalue weighted by molar-refractivity contribution is 7.47. The third-order valence-corrected chi connectivity index (χ3v) is 8.90. The number of carboxylic acid groups (broad SMARTS) is 1. The number of hydrogen-bond donors (Lipinski definition) is 3. The van der Waals surface area contributed by atoms with Gasteiger partial charge in [-0.15, -0.1) is 0 Å². The van der Waals surface area contributed by atoms with Crippen LogP contribution < -0.4 is 5.73 Å². The second kappa shape index (κ2) is 36.9. The van der Waals surface area contributed by atoms with E-state index in [1.807, 2.05) is 0 Å². The van der Waals surface area contributed by atoms with Crippen LogP contribution in [0.4, 0.5) is 0 Å². The Morgan fingerprint density at radius 2 is 0.981 bits per heavy atom. The smallest absolute Gasteiger partial charge is 0.472 e. The molecule has 0 aromatic heterocycles. The molecule has 0 saturated heterocycles. The van der Waals surface area contributed by atoms with E-state index in [0.29, 0.717) is 12.8 Å². The van der Waals surface area contributed by atoms with Crippen molar-refractivity contribution in [3.8, 4) is 0 Å². The number of carbonyl (C=O) groups excluding carboxylic acids is 2. The van der Waals surface area contributed by atoms with Gasteiger partial charge >= 0.3 is 25.7 Å². The van der Waals surface area contributed by atoms with Crippen LogP contribution in [0.3, 0.4) is 0 Å². The fourth-order valence-corrected chi connectivity index (χ4v) is 5.63. The molecule has 54 heavy (non-hydrogen) atoms. The lowest BCUT2D eigenvalue weighted by Gasteiger charge is -2.20. The second-order valence-electron chi connectivity index (χ2n) is 13.0. The number of phosphoric acid groups is 1. The van der Waals surface area contributed by atoms with Crippen molar-refractivity contribution in [2.24, 2.45) is 5.73 Å². The summed E-state index contributed by atoms with van der Waals surface area (Å²) in [5, 5.41) is 8.87. The first-order valence-corrected chi connectivity index (χ1v) is 21.5. The molecule has 0 fully saturated rings.